The second-order valence-electron chi connectivity index (χ2n) is 3.96. The predicted octanol–water partition coefficient (Wildman–Crippen LogP) is 5.18. The second-order valence-corrected chi connectivity index (χ2v) is 5.59. The monoisotopic (exact) mass is 306 g/mol. The minimum absolute atomic E-state index is 0.708. The van der Waals surface area contributed by atoms with Crippen LogP contribution in [0.5, 0.6) is 0 Å². The summed E-state index contributed by atoms with van der Waals surface area (Å²) in [6.45, 7) is 0. The van der Waals surface area contributed by atoms with Crippen LogP contribution in [0.4, 0.5) is 0 Å². The number of hydrogen-bond acceptors (Lipinski definition) is 3. The van der Waals surface area contributed by atoms with E-state index in [1.165, 1.54) is 11.5 Å². The maximum Gasteiger partial charge on any atom is 0.113 e. The maximum absolute atomic E-state index is 5.90. The maximum atomic E-state index is 5.90. The molecule has 0 spiro atoms. The van der Waals surface area contributed by atoms with E-state index in [9.17, 15) is 0 Å². The second kappa shape index (κ2) is 5.29. The van der Waals surface area contributed by atoms with Gasteiger partial charge >= 0.3 is 0 Å². The zero-order valence-electron chi connectivity index (χ0n) is 9.68. The zero-order valence-corrected chi connectivity index (χ0v) is 12.0. The minimum Gasteiger partial charge on any atom is -0.137 e. The largest absolute Gasteiger partial charge is 0.137 e. The average molecular weight is 307 g/mol. The Morgan fingerprint density at radius 2 is 1.26 bits per heavy atom. The molecule has 2 nitrogen and oxygen atoms in total. The molecule has 2 aromatic carbocycles. The van der Waals surface area contributed by atoms with Gasteiger partial charge in [-0.1, -0.05) is 52.0 Å². The number of rotatable bonds is 2. The predicted molar refractivity (Wildman–Crippen MR) is 80.8 cm³/mol. The van der Waals surface area contributed by atoms with Crippen LogP contribution in [0.1, 0.15) is 0 Å². The first-order valence-corrected chi connectivity index (χ1v) is 7.11. The van der Waals surface area contributed by atoms with Gasteiger partial charge in [0.15, 0.2) is 0 Å². The van der Waals surface area contributed by atoms with E-state index in [1.807, 2.05) is 48.5 Å². The van der Waals surface area contributed by atoms with Gasteiger partial charge in [-0.25, -0.2) is 0 Å². The summed E-state index contributed by atoms with van der Waals surface area (Å²) >= 11 is 13.2. The van der Waals surface area contributed by atoms with E-state index in [1.54, 1.807) is 0 Å². The molecule has 5 heteroatoms. The van der Waals surface area contributed by atoms with Gasteiger partial charge in [-0.05, 0) is 41.4 Å². The van der Waals surface area contributed by atoms with Gasteiger partial charge in [0.1, 0.15) is 5.69 Å². The number of halogens is 2. The molecule has 0 unspecified atom stereocenters. The van der Waals surface area contributed by atoms with E-state index in [0.717, 1.165) is 21.7 Å². The van der Waals surface area contributed by atoms with Crippen molar-refractivity contribution < 1.29 is 0 Å². The van der Waals surface area contributed by atoms with Crippen LogP contribution in [0.15, 0.2) is 48.5 Å². The normalized spacial score (nSPS) is 10.6. The topological polar surface area (TPSA) is 25.8 Å². The van der Waals surface area contributed by atoms with E-state index in [2.05, 4.69) is 9.59 Å². The summed E-state index contributed by atoms with van der Waals surface area (Å²) < 4.78 is 4.05. The van der Waals surface area contributed by atoms with Crippen molar-refractivity contribution in [1.29, 1.82) is 0 Å². The van der Waals surface area contributed by atoms with Crippen molar-refractivity contribution in [2.75, 3.05) is 0 Å². The SMILES string of the molecule is Clc1ccc(-c2nnsc2-c2ccc(Cl)cc2)cc1. The molecule has 0 radical (unpaired) electrons. The summed E-state index contributed by atoms with van der Waals surface area (Å²) in [4.78, 5) is 1.03. The third-order valence-corrected chi connectivity index (χ3v) is 3.99. The molecule has 0 amide bonds. The number of benzene rings is 2. The Hall–Kier alpha value is -1.42. The van der Waals surface area contributed by atoms with Gasteiger partial charge in [0.2, 0.25) is 0 Å². The van der Waals surface area contributed by atoms with Crippen LogP contribution in [-0.2, 0) is 0 Å². The first-order valence-electron chi connectivity index (χ1n) is 5.58. The fraction of sp³-hybridized carbons (Fsp3) is 0. The van der Waals surface area contributed by atoms with Crippen molar-refractivity contribution in [3.05, 3.63) is 58.6 Å². The Bertz CT molecular complexity index is 630. The molecule has 0 fully saturated rings. The Labute approximate surface area is 124 Å². The van der Waals surface area contributed by atoms with Crippen molar-refractivity contribution in [3.63, 3.8) is 0 Å². The lowest BCUT2D eigenvalue weighted by atomic mass is 10.1. The molecule has 0 N–H and O–H groups in total. The van der Waals surface area contributed by atoms with Gasteiger partial charge in [-0.2, -0.15) is 0 Å². The van der Waals surface area contributed by atoms with Gasteiger partial charge in [0.05, 0.1) is 4.88 Å². The quantitative estimate of drug-likeness (QED) is 0.652. The molecule has 3 rings (SSSR count). The summed E-state index contributed by atoms with van der Waals surface area (Å²) in [7, 11) is 0. The molecule has 0 aliphatic heterocycles. The van der Waals surface area contributed by atoms with Crippen molar-refractivity contribution in [1.82, 2.24) is 9.59 Å². The highest BCUT2D eigenvalue weighted by Gasteiger charge is 2.12. The molecule has 1 heterocycles. The van der Waals surface area contributed by atoms with Gasteiger partial charge in [-0.15, -0.1) is 5.10 Å². The van der Waals surface area contributed by atoms with E-state index in [4.69, 9.17) is 23.2 Å². The average Bonchev–Trinajstić information content (AvgIpc) is 2.90. The Morgan fingerprint density at radius 3 is 1.84 bits per heavy atom. The fourth-order valence-electron chi connectivity index (χ4n) is 1.78. The highest BCUT2D eigenvalue weighted by molar-refractivity contribution is 7.09. The molecule has 0 saturated heterocycles. The standard InChI is InChI=1S/C14H8Cl2N2S/c15-11-5-1-9(2-6-11)13-14(19-18-17-13)10-3-7-12(16)8-4-10/h1-8H. The van der Waals surface area contributed by atoms with Crippen LogP contribution in [0.3, 0.4) is 0 Å². The van der Waals surface area contributed by atoms with Gasteiger partial charge in [0, 0.05) is 15.6 Å². The summed E-state index contributed by atoms with van der Waals surface area (Å²) in [6, 6.07) is 15.2. The summed E-state index contributed by atoms with van der Waals surface area (Å²) in [5, 5.41) is 5.63. The first kappa shape index (κ1) is 12.6. The van der Waals surface area contributed by atoms with Crippen LogP contribution in [-0.4, -0.2) is 9.59 Å². The molecule has 0 aliphatic rings. The Kier molecular flexibility index (Phi) is 3.51. The number of hydrogen-bond donors (Lipinski definition) is 0. The lowest BCUT2D eigenvalue weighted by Crippen LogP contribution is -1.82. The molecule has 1 aromatic heterocycles. The van der Waals surface area contributed by atoms with E-state index >= 15 is 0 Å². The molecular weight excluding hydrogens is 299 g/mol. The van der Waals surface area contributed by atoms with Crippen LogP contribution in [0, 0.1) is 0 Å². The first-order chi connectivity index (χ1) is 9.24. The van der Waals surface area contributed by atoms with E-state index in [0.29, 0.717) is 10.0 Å². The van der Waals surface area contributed by atoms with Crippen LogP contribution in [0.2, 0.25) is 10.0 Å². The highest BCUT2D eigenvalue weighted by Crippen LogP contribution is 2.34. The third kappa shape index (κ3) is 2.63. The molecule has 0 saturated carbocycles. The van der Waals surface area contributed by atoms with E-state index < -0.39 is 0 Å². The molecule has 19 heavy (non-hydrogen) atoms. The molecule has 0 aliphatic carbocycles. The van der Waals surface area contributed by atoms with Crippen LogP contribution in [0.25, 0.3) is 21.7 Å². The molecule has 3 aromatic rings. The number of nitrogens with zero attached hydrogens (tertiary/aromatic N) is 2. The fourth-order valence-corrected chi connectivity index (χ4v) is 2.72. The molecule has 0 atom stereocenters. The Balaban J connectivity index is 2.07. The highest BCUT2D eigenvalue weighted by atomic mass is 35.5. The zero-order chi connectivity index (χ0) is 13.2. The third-order valence-electron chi connectivity index (χ3n) is 2.71. The van der Waals surface area contributed by atoms with Crippen molar-refractivity contribution in [2.45, 2.75) is 0 Å². The summed E-state index contributed by atoms with van der Waals surface area (Å²) in [5.41, 5.74) is 2.93. The van der Waals surface area contributed by atoms with Crippen molar-refractivity contribution in [2.24, 2.45) is 0 Å². The smallest absolute Gasteiger partial charge is 0.113 e. The molecular formula is C14H8Cl2N2S. The Morgan fingerprint density at radius 1 is 0.737 bits per heavy atom. The van der Waals surface area contributed by atoms with Gasteiger partial charge < -0.3 is 0 Å². The summed E-state index contributed by atoms with van der Waals surface area (Å²) in [6.07, 6.45) is 0. The van der Waals surface area contributed by atoms with Crippen molar-refractivity contribution in [3.8, 4) is 21.7 Å². The molecule has 0 bridgehead atoms. The van der Waals surface area contributed by atoms with Gasteiger partial charge in [0.25, 0.3) is 0 Å². The lowest BCUT2D eigenvalue weighted by Gasteiger charge is -2.02. The molecule has 94 valence electrons. The number of aromatic nitrogens is 2. The van der Waals surface area contributed by atoms with Crippen LogP contribution >= 0.6 is 34.7 Å². The summed E-state index contributed by atoms with van der Waals surface area (Å²) in [5.74, 6) is 0. The minimum atomic E-state index is 0.708. The van der Waals surface area contributed by atoms with E-state index in [-0.39, 0.29) is 0 Å². The van der Waals surface area contributed by atoms with Crippen molar-refractivity contribution >= 4 is 34.7 Å². The van der Waals surface area contributed by atoms with Crippen LogP contribution < -0.4 is 0 Å². The van der Waals surface area contributed by atoms with Gasteiger partial charge in [-0.3, -0.25) is 0 Å². The lowest BCUT2D eigenvalue weighted by molar-refractivity contribution is 1.16.